The van der Waals surface area contributed by atoms with Gasteiger partial charge in [0.05, 0.1) is 16.3 Å². The number of carbonyl (C=O) groups is 1. The molecule has 1 N–H and O–H groups in total. The van der Waals surface area contributed by atoms with E-state index in [2.05, 4.69) is 4.98 Å². The first-order valence-corrected chi connectivity index (χ1v) is 7.79. The number of hydrogen-bond acceptors (Lipinski definition) is 5. The van der Waals surface area contributed by atoms with Gasteiger partial charge >= 0.3 is 0 Å². The number of rotatable bonds is 4. The largest absolute Gasteiger partial charge is 0.388 e. The summed E-state index contributed by atoms with van der Waals surface area (Å²) in [6.07, 6.45) is 1.99. The summed E-state index contributed by atoms with van der Waals surface area (Å²) in [5.41, 5.74) is -0.0443. The first kappa shape index (κ1) is 15.4. The molecule has 0 aromatic carbocycles. The Hall–Kier alpha value is -0.980. The lowest BCUT2D eigenvalue weighted by Crippen LogP contribution is -2.47. The van der Waals surface area contributed by atoms with Crippen LogP contribution in [0.4, 0.5) is 0 Å². The first-order valence-electron chi connectivity index (χ1n) is 6.97. The topological polar surface area (TPSA) is 62.7 Å². The van der Waals surface area contributed by atoms with Crippen molar-refractivity contribution in [3.05, 3.63) is 15.6 Å². The fourth-order valence-corrected chi connectivity index (χ4v) is 3.40. The molecule has 0 unspecified atom stereocenters. The van der Waals surface area contributed by atoms with Crippen molar-refractivity contribution in [1.82, 2.24) is 9.88 Å². The van der Waals surface area contributed by atoms with E-state index >= 15 is 0 Å². The van der Waals surface area contributed by atoms with Crippen LogP contribution in [0.25, 0.3) is 0 Å². The highest BCUT2D eigenvalue weighted by Gasteiger charge is 2.33. The number of aryl methyl sites for hydroxylation is 2. The quantitative estimate of drug-likeness (QED) is 0.917. The molecule has 5 nitrogen and oxygen atoms in total. The third-order valence-electron chi connectivity index (χ3n) is 3.64. The van der Waals surface area contributed by atoms with Gasteiger partial charge in [0.2, 0.25) is 0 Å². The molecule has 1 aromatic rings. The average Bonchev–Trinajstić information content (AvgIpc) is 2.79. The van der Waals surface area contributed by atoms with Gasteiger partial charge in [-0.25, -0.2) is 4.98 Å². The molecule has 6 heteroatoms. The van der Waals surface area contributed by atoms with Crippen LogP contribution in [0.2, 0.25) is 0 Å². The minimum absolute atomic E-state index is 0.0559. The van der Waals surface area contributed by atoms with Gasteiger partial charge in [0.25, 0.3) is 5.91 Å². The number of aliphatic hydroxyl groups is 1. The number of likely N-dealkylation sites (N-methyl/N-ethyl adjacent to an activating group) is 1. The minimum atomic E-state index is -0.825. The molecule has 0 bridgehead atoms. The summed E-state index contributed by atoms with van der Waals surface area (Å²) >= 11 is 1.45. The van der Waals surface area contributed by atoms with Crippen molar-refractivity contribution in [3.8, 4) is 0 Å². The number of aromatic nitrogens is 1. The van der Waals surface area contributed by atoms with Crippen LogP contribution in [0, 0.1) is 6.92 Å². The lowest BCUT2D eigenvalue weighted by Gasteiger charge is -2.35. The molecule has 1 aromatic heterocycles. The van der Waals surface area contributed by atoms with Crippen molar-refractivity contribution in [2.75, 3.05) is 26.8 Å². The van der Waals surface area contributed by atoms with Gasteiger partial charge in [-0.15, -0.1) is 11.3 Å². The second-order valence-corrected chi connectivity index (χ2v) is 6.46. The van der Waals surface area contributed by atoms with Crippen LogP contribution in [-0.2, 0) is 11.2 Å². The molecule has 112 valence electrons. The maximum Gasteiger partial charge on any atom is 0.265 e. The Labute approximate surface area is 123 Å². The van der Waals surface area contributed by atoms with Crippen LogP contribution in [0.15, 0.2) is 0 Å². The third kappa shape index (κ3) is 3.37. The Balaban J connectivity index is 2.06. The van der Waals surface area contributed by atoms with Gasteiger partial charge in [-0.1, -0.05) is 6.92 Å². The number of thiazole rings is 1. The van der Waals surface area contributed by atoms with E-state index in [9.17, 15) is 9.90 Å². The molecular formula is C14H22N2O3S. The van der Waals surface area contributed by atoms with E-state index in [0.29, 0.717) is 37.5 Å². The summed E-state index contributed by atoms with van der Waals surface area (Å²) in [6.45, 7) is 5.34. The highest BCUT2D eigenvalue weighted by Crippen LogP contribution is 2.24. The van der Waals surface area contributed by atoms with E-state index in [0.717, 1.165) is 17.1 Å². The van der Waals surface area contributed by atoms with Gasteiger partial charge in [0.1, 0.15) is 4.88 Å². The summed E-state index contributed by atoms with van der Waals surface area (Å²) in [5, 5.41) is 11.4. The Morgan fingerprint density at radius 3 is 2.70 bits per heavy atom. The normalized spacial score (nSPS) is 18.0. The monoisotopic (exact) mass is 298 g/mol. The third-order valence-corrected chi connectivity index (χ3v) is 4.93. The lowest BCUT2D eigenvalue weighted by atomic mass is 9.94. The smallest absolute Gasteiger partial charge is 0.265 e. The van der Waals surface area contributed by atoms with Crippen molar-refractivity contribution in [3.63, 3.8) is 0 Å². The Morgan fingerprint density at radius 1 is 1.50 bits per heavy atom. The number of hydrogen-bond donors (Lipinski definition) is 1. The molecule has 1 aliphatic rings. The van der Waals surface area contributed by atoms with Crippen LogP contribution >= 0.6 is 11.3 Å². The summed E-state index contributed by atoms with van der Waals surface area (Å²) < 4.78 is 5.26. The average molecular weight is 298 g/mol. The predicted octanol–water partition coefficient (Wildman–Crippen LogP) is 1.63. The zero-order valence-electron chi connectivity index (χ0n) is 12.3. The van der Waals surface area contributed by atoms with Gasteiger partial charge in [-0.05, 0) is 13.3 Å². The molecule has 20 heavy (non-hydrogen) atoms. The van der Waals surface area contributed by atoms with Crippen LogP contribution in [0.3, 0.4) is 0 Å². The number of carbonyl (C=O) groups excluding carboxylic acids is 1. The van der Waals surface area contributed by atoms with Gasteiger partial charge in [-0.3, -0.25) is 4.79 Å². The fraction of sp³-hybridized carbons (Fsp3) is 0.714. The van der Waals surface area contributed by atoms with Crippen LogP contribution < -0.4 is 0 Å². The number of amides is 1. The maximum absolute atomic E-state index is 12.5. The van der Waals surface area contributed by atoms with Crippen LogP contribution in [0.1, 0.15) is 40.1 Å². The number of ether oxygens (including phenoxy) is 1. The summed E-state index contributed by atoms with van der Waals surface area (Å²) in [6, 6.07) is 0. The highest BCUT2D eigenvalue weighted by atomic mass is 32.1. The molecule has 0 atom stereocenters. The Morgan fingerprint density at radius 2 is 2.15 bits per heavy atom. The van der Waals surface area contributed by atoms with E-state index < -0.39 is 5.60 Å². The molecule has 0 spiro atoms. The first-order chi connectivity index (χ1) is 9.45. The SMILES string of the molecule is CCc1nc(C)c(C(=O)N(C)CC2(O)CCOCC2)s1. The molecule has 0 saturated carbocycles. The molecule has 2 rings (SSSR count). The Bertz CT molecular complexity index is 481. The maximum atomic E-state index is 12.5. The second kappa shape index (κ2) is 6.20. The van der Waals surface area contributed by atoms with Crippen molar-refractivity contribution < 1.29 is 14.6 Å². The molecule has 1 saturated heterocycles. The van der Waals surface area contributed by atoms with Gasteiger partial charge in [0.15, 0.2) is 0 Å². The van der Waals surface area contributed by atoms with Crippen molar-refractivity contribution in [2.24, 2.45) is 0 Å². The summed E-state index contributed by atoms with van der Waals surface area (Å²) in [4.78, 5) is 19.1. The van der Waals surface area contributed by atoms with Gasteiger partial charge in [-0.2, -0.15) is 0 Å². The van der Waals surface area contributed by atoms with Crippen LogP contribution in [-0.4, -0.2) is 53.3 Å². The van der Waals surface area contributed by atoms with Gasteiger partial charge < -0.3 is 14.7 Å². The second-order valence-electron chi connectivity index (χ2n) is 5.37. The van der Waals surface area contributed by atoms with Crippen molar-refractivity contribution in [2.45, 2.75) is 38.7 Å². The fourth-order valence-electron chi connectivity index (χ4n) is 2.40. The summed E-state index contributed by atoms with van der Waals surface area (Å²) in [5.74, 6) is -0.0559. The molecule has 1 fully saturated rings. The molecule has 0 radical (unpaired) electrons. The van der Waals surface area contributed by atoms with E-state index in [1.165, 1.54) is 11.3 Å². The molecular weight excluding hydrogens is 276 g/mol. The standard InChI is InChI=1S/C14H22N2O3S/c1-4-11-15-10(2)12(20-11)13(17)16(3)9-14(18)5-7-19-8-6-14/h18H,4-9H2,1-3H3. The minimum Gasteiger partial charge on any atom is -0.388 e. The van der Waals surface area contributed by atoms with Crippen molar-refractivity contribution in [1.29, 1.82) is 0 Å². The van der Waals surface area contributed by atoms with Crippen molar-refractivity contribution >= 4 is 17.2 Å². The highest BCUT2D eigenvalue weighted by molar-refractivity contribution is 7.13. The summed E-state index contributed by atoms with van der Waals surface area (Å²) in [7, 11) is 1.74. The molecule has 0 aliphatic carbocycles. The number of nitrogens with zero attached hydrogens (tertiary/aromatic N) is 2. The van der Waals surface area contributed by atoms with Gasteiger partial charge in [0, 0.05) is 39.6 Å². The van der Waals surface area contributed by atoms with E-state index in [-0.39, 0.29) is 5.91 Å². The zero-order valence-corrected chi connectivity index (χ0v) is 13.1. The zero-order chi connectivity index (χ0) is 14.8. The predicted molar refractivity (Wildman–Crippen MR) is 78.2 cm³/mol. The lowest BCUT2D eigenvalue weighted by molar-refractivity contribution is -0.0734. The molecule has 1 aliphatic heterocycles. The van der Waals surface area contributed by atoms with E-state index in [1.807, 2.05) is 13.8 Å². The Kier molecular flexibility index (Phi) is 4.78. The molecule has 2 heterocycles. The van der Waals surface area contributed by atoms with Crippen LogP contribution in [0.5, 0.6) is 0 Å². The van der Waals surface area contributed by atoms with E-state index in [4.69, 9.17) is 4.74 Å². The van der Waals surface area contributed by atoms with E-state index in [1.54, 1.807) is 11.9 Å². The molecule has 1 amide bonds.